The molecule has 0 aliphatic heterocycles. The Balaban J connectivity index is 3.63. The summed E-state index contributed by atoms with van der Waals surface area (Å²) in [6, 6.07) is 0. The SMILES string of the molecule is CCCCCCC(CCCC)COC(=O)CCCOCCOCCC(C)C. The molecule has 4 heteroatoms. The third-order valence-corrected chi connectivity index (χ3v) is 4.79. The van der Waals surface area contributed by atoms with E-state index in [9.17, 15) is 4.79 Å². The molecule has 27 heavy (non-hydrogen) atoms. The average Bonchev–Trinajstić information content (AvgIpc) is 2.65. The Labute approximate surface area is 168 Å². The summed E-state index contributed by atoms with van der Waals surface area (Å²) in [6.07, 6.45) is 12.2. The summed E-state index contributed by atoms with van der Waals surface area (Å²) in [6.45, 7) is 12.1. The second-order valence-corrected chi connectivity index (χ2v) is 8.05. The normalized spacial score (nSPS) is 12.5. The molecular weight excluding hydrogens is 340 g/mol. The molecule has 0 aromatic rings. The summed E-state index contributed by atoms with van der Waals surface area (Å²) in [5, 5.41) is 0. The van der Waals surface area contributed by atoms with Crippen molar-refractivity contribution in [1.82, 2.24) is 0 Å². The summed E-state index contributed by atoms with van der Waals surface area (Å²) in [4.78, 5) is 11.9. The molecule has 0 aliphatic rings. The van der Waals surface area contributed by atoms with Crippen LogP contribution in [-0.2, 0) is 19.0 Å². The number of unbranched alkanes of at least 4 members (excludes halogenated alkanes) is 4. The van der Waals surface area contributed by atoms with Crippen LogP contribution in [0.1, 0.15) is 98.3 Å². The highest BCUT2D eigenvalue weighted by atomic mass is 16.5. The van der Waals surface area contributed by atoms with E-state index in [4.69, 9.17) is 14.2 Å². The molecule has 0 saturated carbocycles. The van der Waals surface area contributed by atoms with E-state index in [1.165, 1.54) is 51.4 Å². The molecule has 4 nitrogen and oxygen atoms in total. The molecule has 162 valence electrons. The fraction of sp³-hybridized carbons (Fsp3) is 0.957. The standard InChI is InChI=1S/C23H46O4/c1-5-7-9-10-13-22(12-8-6-2)20-27-23(24)14-11-16-25-18-19-26-17-15-21(3)4/h21-22H,5-20H2,1-4H3. The molecule has 0 spiro atoms. The molecule has 0 aromatic heterocycles. The summed E-state index contributed by atoms with van der Waals surface area (Å²) in [7, 11) is 0. The number of carbonyl (C=O) groups is 1. The van der Waals surface area contributed by atoms with Gasteiger partial charge in [-0.1, -0.05) is 66.2 Å². The molecule has 0 rings (SSSR count). The second kappa shape index (κ2) is 20.1. The van der Waals surface area contributed by atoms with Crippen LogP contribution < -0.4 is 0 Å². The lowest BCUT2D eigenvalue weighted by Crippen LogP contribution is -2.15. The van der Waals surface area contributed by atoms with Gasteiger partial charge in [0.25, 0.3) is 0 Å². The van der Waals surface area contributed by atoms with Crippen LogP contribution in [0, 0.1) is 11.8 Å². The molecule has 0 aliphatic carbocycles. The molecule has 0 heterocycles. The Kier molecular flexibility index (Phi) is 19.7. The van der Waals surface area contributed by atoms with E-state index < -0.39 is 0 Å². The number of hydrogen-bond donors (Lipinski definition) is 0. The maximum Gasteiger partial charge on any atom is 0.305 e. The summed E-state index contributed by atoms with van der Waals surface area (Å²) in [5.74, 6) is 1.13. The lowest BCUT2D eigenvalue weighted by atomic mass is 9.96. The van der Waals surface area contributed by atoms with E-state index in [-0.39, 0.29) is 5.97 Å². The lowest BCUT2D eigenvalue weighted by Gasteiger charge is -2.16. The largest absolute Gasteiger partial charge is 0.465 e. The zero-order valence-corrected chi connectivity index (χ0v) is 18.6. The van der Waals surface area contributed by atoms with E-state index in [1.807, 2.05) is 0 Å². The lowest BCUT2D eigenvalue weighted by molar-refractivity contribution is -0.145. The zero-order chi connectivity index (χ0) is 20.2. The van der Waals surface area contributed by atoms with Gasteiger partial charge in [0.1, 0.15) is 0 Å². The van der Waals surface area contributed by atoms with Crippen molar-refractivity contribution in [3.8, 4) is 0 Å². The van der Waals surface area contributed by atoms with Gasteiger partial charge in [0.2, 0.25) is 0 Å². The first-order chi connectivity index (χ1) is 13.1. The summed E-state index contributed by atoms with van der Waals surface area (Å²) >= 11 is 0. The van der Waals surface area contributed by atoms with Crippen molar-refractivity contribution in [2.75, 3.05) is 33.0 Å². The van der Waals surface area contributed by atoms with Crippen molar-refractivity contribution in [2.24, 2.45) is 11.8 Å². The van der Waals surface area contributed by atoms with Crippen LogP contribution in [0.2, 0.25) is 0 Å². The van der Waals surface area contributed by atoms with E-state index in [2.05, 4.69) is 27.7 Å². The van der Waals surface area contributed by atoms with Gasteiger partial charge >= 0.3 is 5.97 Å². The number of carbonyl (C=O) groups excluding carboxylic acids is 1. The molecule has 1 atom stereocenters. The molecule has 0 radical (unpaired) electrons. The second-order valence-electron chi connectivity index (χ2n) is 8.05. The van der Waals surface area contributed by atoms with E-state index in [0.29, 0.717) is 44.7 Å². The highest BCUT2D eigenvalue weighted by Crippen LogP contribution is 2.18. The van der Waals surface area contributed by atoms with Crippen molar-refractivity contribution in [2.45, 2.75) is 98.3 Å². The maximum absolute atomic E-state index is 11.9. The van der Waals surface area contributed by atoms with Gasteiger partial charge in [0.15, 0.2) is 0 Å². The fourth-order valence-corrected chi connectivity index (χ4v) is 2.91. The summed E-state index contributed by atoms with van der Waals surface area (Å²) < 4.78 is 16.5. The van der Waals surface area contributed by atoms with Gasteiger partial charge in [0, 0.05) is 19.6 Å². The van der Waals surface area contributed by atoms with Crippen molar-refractivity contribution >= 4 is 5.97 Å². The van der Waals surface area contributed by atoms with Gasteiger partial charge in [0.05, 0.1) is 19.8 Å². The third-order valence-electron chi connectivity index (χ3n) is 4.79. The molecule has 0 bridgehead atoms. The van der Waals surface area contributed by atoms with Gasteiger partial charge in [-0.25, -0.2) is 0 Å². The monoisotopic (exact) mass is 386 g/mol. The first kappa shape index (κ1) is 26.4. The minimum atomic E-state index is -0.0816. The van der Waals surface area contributed by atoms with Crippen LogP contribution in [0.4, 0.5) is 0 Å². The summed E-state index contributed by atoms with van der Waals surface area (Å²) in [5.41, 5.74) is 0. The topological polar surface area (TPSA) is 44.8 Å². The minimum Gasteiger partial charge on any atom is -0.465 e. The van der Waals surface area contributed by atoms with Crippen LogP contribution in [0.15, 0.2) is 0 Å². The van der Waals surface area contributed by atoms with Crippen LogP contribution >= 0.6 is 0 Å². The molecule has 0 aromatic carbocycles. The van der Waals surface area contributed by atoms with Gasteiger partial charge in [-0.15, -0.1) is 0 Å². The molecule has 0 N–H and O–H groups in total. The third kappa shape index (κ3) is 19.9. The highest BCUT2D eigenvalue weighted by molar-refractivity contribution is 5.69. The number of rotatable bonds is 20. The fourth-order valence-electron chi connectivity index (χ4n) is 2.91. The van der Waals surface area contributed by atoms with Crippen molar-refractivity contribution < 1.29 is 19.0 Å². The first-order valence-corrected chi connectivity index (χ1v) is 11.4. The van der Waals surface area contributed by atoms with Crippen molar-refractivity contribution in [1.29, 1.82) is 0 Å². The van der Waals surface area contributed by atoms with Gasteiger partial charge in [-0.05, 0) is 37.5 Å². The van der Waals surface area contributed by atoms with Crippen LogP contribution in [0.3, 0.4) is 0 Å². The average molecular weight is 387 g/mol. The van der Waals surface area contributed by atoms with E-state index in [0.717, 1.165) is 19.4 Å². The van der Waals surface area contributed by atoms with Gasteiger partial charge in [-0.2, -0.15) is 0 Å². The number of ether oxygens (including phenoxy) is 3. The Bertz CT molecular complexity index is 318. The number of esters is 1. The zero-order valence-electron chi connectivity index (χ0n) is 18.6. The minimum absolute atomic E-state index is 0.0816. The molecule has 0 amide bonds. The quantitative estimate of drug-likeness (QED) is 0.185. The molecule has 0 saturated heterocycles. The van der Waals surface area contributed by atoms with Gasteiger partial charge < -0.3 is 14.2 Å². The van der Waals surface area contributed by atoms with Crippen molar-refractivity contribution in [3.63, 3.8) is 0 Å². The molecule has 1 unspecified atom stereocenters. The Morgan fingerprint density at radius 3 is 2.07 bits per heavy atom. The van der Waals surface area contributed by atoms with E-state index in [1.54, 1.807) is 0 Å². The predicted molar refractivity (Wildman–Crippen MR) is 113 cm³/mol. The highest BCUT2D eigenvalue weighted by Gasteiger charge is 2.11. The Hall–Kier alpha value is -0.610. The maximum atomic E-state index is 11.9. The van der Waals surface area contributed by atoms with Gasteiger partial charge in [-0.3, -0.25) is 4.79 Å². The van der Waals surface area contributed by atoms with E-state index >= 15 is 0 Å². The predicted octanol–water partition coefficient (Wildman–Crippen LogP) is 6.17. The number of hydrogen-bond acceptors (Lipinski definition) is 4. The van der Waals surface area contributed by atoms with Crippen molar-refractivity contribution in [3.05, 3.63) is 0 Å². The molecule has 0 fully saturated rings. The Morgan fingerprint density at radius 2 is 1.41 bits per heavy atom. The first-order valence-electron chi connectivity index (χ1n) is 11.4. The van der Waals surface area contributed by atoms with Crippen LogP contribution in [0.25, 0.3) is 0 Å². The van der Waals surface area contributed by atoms with Crippen LogP contribution in [0.5, 0.6) is 0 Å². The smallest absolute Gasteiger partial charge is 0.305 e. The molecular formula is C23H46O4. The van der Waals surface area contributed by atoms with Crippen LogP contribution in [-0.4, -0.2) is 39.0 Å². The Morgan fingerprint density at radius 1 is 0.741 bits per heavy atom.